The fraction of sp³-hybridized carbons (Fsp3) is 0.273. The quantitative estimate of drug-likeness (QED) is 0.773. The molecule has 0 N–H and O–H groups in total. The number of carbonyl (C=O) groups excluding carboxylic acids is 1. The normalized spacial score (nSPS) is 11.8. The van der Waals surface area contributed by atoms with E-state index in [4.69, 9.17) is 4.42 Å². The van der Waals surface area contributed by atoms with Crippen LogP contribution in [0.15, 0.2) is 32.7 Å². The van der Waals surface area contributed by atoms with Crippen molar-refractivity contribution in [3.05, 3.63) is 35.4 Å². The Hall–Kier alpha value is -1.71. The van der Waals surface area contributed by atoms with Gasteiger partial charge < -0.3 is 9.15 Å². The number of rotatable bonds is 5. The molecule has 0 saturated heterocycles. The molecule has 0 radical (unpaired) electrons. The van der Waals surface area contributed by atoms with Gasteiger partial charge in [0.15, 0.2) is 9.90 Å². The lowest BCUT2D eigenvalue weighted by Crippen LogP contribution is -2.27. The Balaban J connectivity index is 2.30. The van der Waals surface area contributed by atoms with E-state index in [2.05, 4.69) is 9.72 Å². The summed E-state index contributed by atoms with van der Waals surface area (Å²) in [6.07, 6.45) is 2.92. The fourth-order valence-electron chi connectivity index (χ4n) is 1.52. The summed E-state index contributed by atoms with van der Waals surface area (Å²) in [5.41, 5.74) is 1.81. The molecule has 0 aliphatic carbocycles. The predicted molar refractivity (Wildman–Crippen MR) is 70.8 cm³/mol. The molecule has 9 heteroatoms. The van der Waals surface area contributed by atoms with Crippen LogP contribution in [0.2, 0.25) is 0 Å². The Morgan fingerprint density at radius 2 is 2.30 bits per heavy atom. The fourth-order valence-corrected chi connectivity index (χ4v) is 4.00. The molecule has 0 atom stereocenters. The molecule has 2 rings (SSSR count). The molecule has 0 spiro atoms. The van der Waals surface area contributed by atoms with Gasteiger partial charge in [0.25, 0.3) is 10.0 Å². The summed E-state index contributed by atoms with van der Waals surface area (Å²) in [6.45, 7) is 0.136. The molecule has 7 nitrogen and oxygen atoms in total. The van der Waals surface area contributed by atoms with Gasteiger partial charge in [-0.15, -0.1) is 11.3 Å². The van der Waals surface area contributed by atoms with E-state index in [1.54, 1.807) is 6.07 Å². The number of carbonyl (C=O) groups is 1. The average molecular weight is 316 g/mol. The number of aromatic nitrogens is 1. The lowest BCUT2D eigenvalue weighted by atomic mass is 10.3. The zero-order valence-corrected chi connectivity index (χ0v) is 12.4. The summed E-state index contributed by atoms with van der Waals surface area (Å²) >= 11 is 0.876. The van der Waals surface area contributed by atoms with Crippen LogP contribution in [0.4, 0.5) is 0 Å². The highest BCUT2D eigenvalue weighted by Crippen LogP contribution is 2.25. The first kappa shape index (κ1) is 14.7. The second kappa shape index (κ2) is 5.73. The summed E-state index contributed by atoms with van der Waals surface area (Å²) in [7, 11) is -1.22. The summed E-state index contributed by atoms with van der Waals surface area (Å²) in [4.78, 5) is 15.3. The Morgan fingerprint density at radius 1 is 1.55 bits per heavy atom. The summed E-state index contributed by atoms with van der Waals surface area (Å²) in [5, 5.41) is 0. The predicted octanol–water partition coefficient (Wildman–Crippen LogP) is 1.34. The molecule has 0 aromatic carbocycles. The van der Waals surface area contributed by atoms with Gasteiger partial charge >= 0.3 is 5.97 Å². The van der Waals surface area contributed by atoms with Gasteiger partial charge in [-0.05, 0) is 6.07 Å². The number of ether oxygens (including phenoxy) is 1. The molecule has 2 aromatic heterocycles. The zero-order valence-electron chi connectivity index (χ0n) is 10.8. The van der Waals surface area contributed by atoms with Gasteiger partial charge in [0.05, 0.1) is 25.1 Å². The third-order valence-electron chi connectivity index (χ3n) is 2.54. The standard InChI is InChI=1S/C11H12N2O5S2/c1-13(5-8-3-4-18-6-8)20(15,16)11-9(10(14)17-2)12-7-19-11/h3-4,6-7H,5H2,1-2H3. The Bertz CT molecular complexity index is 690. The number of sulfonamides is 1. The Kier molecular flexibility index (Phi) is 4.21. The van der Waals surface area contributed by atoms with E-state index in [0.29, 0.717) is 5.56 Å². The van der Waals surface area contributed by atoms with E-state index < -0.39 is 16.0 Å². The SMILES string of the molecule is COC(=O)c1ncsc1S(=O)(=O)N(C)Cc1ccoc1. The highest BCUT2D eigenvalue weighted by molar-refractivity contribution is 7.91. The molecule has 0 amide bonds. The van der Waals surface area contributed by atoms with Crippen molar-refractivity contribution in [3.63, 3.8) is 0 Å². The topological polar surface area (TPSA) is 89.7 Å². The molecule has 0 aliphatic heterocycles. The van der Waals surface area contributed by atoms with Crippen molar-refractivity contribution in [2.45, 2.75) is 10.8 Å². The molecule has 0 unspecified atom stereocenters. The van der Waals surface area contributed by atoms with Crippen LogP contribution in [0.5, 0.6) is 0 Å². The van der Waals surface area contributed by atoms with Crippen molar-refractivity contribution in [3.8, 4) is 0 Å². The maximum absolute atomic E-state index is 12.4. The monoisotopic (exact) mass is 316 g/mol. The van der Waals surface area contributed by atoms with Crippen molar-refractivity contribution in [1.29, 1.82) is 0 Å². The lowest BCUT2D eigenvalue weighted by Gasteiger charge is -2.15. The van der Waals surface area contributed by atoms with Crippen LogP contribution >= 0.6 is 11.3 Å². The molecule has 2 heterocycles. The van der Waals surface area contributed by atoms with Crippen LogP contribution in [-0.2, 0) is 21.3 Å². The first-order valence-corrected chi connectivity index (χ1v) is 7.78. The van der Waals surface area contributed by atoms with Gasteiger partial charge in [-0.25, -0.2) is 18.2 Å². The van der Waals surface area contributed by atoms with E-state index >= 15 is 0 Å². The number of hydrogen-bond donors (Lipinski definition) is 0. The molecule has 0 aliphatic rings. The summed E-state index contributed by atoms with van der Waals surface area (Å²) in [5.74, 6) is -0.776. The van der Waals surface area contributed by atoms with Gasteiger partial charge in [0.2, 0.25) is 0 Å². The number of esters is 1. The molecule has 108 valence electrons. The molecule has 0 saturated carbocycles. The molecular weight excluding hydrogens is 304 g/mol. The second-order valence-corrected chi connectivity index (χ2v) is 6.97. The summed E-state index contributed by atoms with van der Waals surface area (Å²) < 4.78 is 35.2. The van der Waals surface area contributed by atoms with Crippen LogP contribution in [0.1, 0.15) is 16.1 Å². The average Bonchev–Trinajstić information content (AvgIpc) is 3.08. The van der Waals surface area contributed by atoms with Crippen molar-refractivity contribution < 1.29 is 22.4 Å². The number of hydrogen-bond acceptors (Lipinski definition) is 7. The van der Waals surface area contributed by atoms with Gasteiger partial charge in [-0.2, -0.15) is 4.31 Å². The highest BCUT2D eigenvalue weighted by atomic mass is 32.2. The summed E-state index contributed by atoms with van der Waals surface area (Å²) in [6, 6.07) is 1.67. The van der Waals surface area contributed by atoms with Gasteiger partial charge in [-0.3, -0.25) is 0 Å². The minimum Gasteiger partial charge on any atom is -0.472 e. The highest BCUT2D eigenvalue weighted by Gasteiger charge is 2.30. The number of furan rings is 1. The molecular formula is C11H12N2O5S2. The van der Waals surface area contributed by atoms with Crippen molar-refractivity contribution in [2.75, 3.05) is 14.2 Å². The van der Waals surface area contributed by atoms with Gasteiger partial charge in [0.1, 0.15) is 0 Å². The van der Waals surface area contributed by atoms with Crippen LogP contribution in [0.3, 0.4) is 0 Å². The van der Waals surface area contributed by atoms with Crippen LogP contribution < -0.4 is 0 Å². The van der Waals surface area contributed by atoms with E-state index in [9.17, 15) is 13.2 Å². The third-order valence-corrected chi connectivity index (χ3v) is 5.69. The van der Waals surface area contributed by atoms with E-state index in [1.165, 1.54) is 32.2 Å². The number of nitrogens with zero attached hydrogens (tertiary/aromatic N) is 2. The lowest BCUT2D eigenvalue weighted by molar-refractivity contribution is 0.0590. The molecule has 2 aromatic rings. The van der Waals surface area contributed by atoms with Crippen molar-refractivity contribution in [1.82, 2.24) is 9.29 Å². The van der Waals surface area contributed by atoms with Gasteiger partial charge in [-0.1, -0.05) is 0 Å². The van der Waals surface area contributed by atoms with Crippen LogP contribution in [0, 0.1) is 0 Å². The van der Waals surface area contributed by atoms with Crippen LogP contribution in [0.25, 0.3) is 0 Å². The third kappa shape index (κ3) is 2.74. The molecule has 20 heavy (non-hydrogen) atoms. The smallest absolute Gasteiger partial charge is 0.358 e. The van der Waals surface area contributed by atoms with Gasteiger partial charge in [0, 0.05) is 19.2 Å². The minimum atomic E-state index is -3.81. The largest absolute Gasteiger partial charge is 0.472 e. The zero-order chi connectivity index (χ0) is 14.8. The van der Waals surface area contributed by atoms with Crippen molar-refractivity contribution >= 4 is 27.3 Å². The maximum Gasteiger partial charge on any atom is 0.358 e. The van der Waals surface area contributed by atoms with Crippen molar-refractivity contribution in [2.24, 2.45) is 0 Å². The second-order valence-electron chi connectivity index (χ2n) is 3.87. The Morgan fingerprint density at radius 3 is 2.90 bits per heavy atom. The van der Waals surface area contributed by atoms with E-state index in [0.717, 1.165) is 15.6 Å². The molecule has 0 fully saturated rings. The van der Waals surface area contributed by atoms with E-state index in [-0.39, 0.29) is 16.4 Å². The molecule has 0 bridgehead atoms. The minimum absolute atomic E-state index is 0.129. The Labute approximate surface area is 119 Å². The number of thiazole rings is 1. The van der Waals surface area contributed by atoms with E-state index in [1.807, 2.05) is 0 Å². The maximum atomic E-state index is 12.4. The van der Waals surface area contributed by atoms with Crippen LogP contribution in [-0.4, -0.2) is 37.8 Å². The first-order chi connectivity index (χ1) is 9.46. The number of methoxy groups -OCH3 is 1. The first-order valence-electron chi connectivity index (χ1n) is 5.46.